The van der Waals surface area contributed by atoms with Gasteiger partial charge in [0.2, 0.25) is 5.95 Å². The highest BCUT2D eigenvalue weighted by Gasteiger charge is 2.20. The molecule has 2 heterocycles. The fraction of sp³-hybridized carbons (Fsp3) is 0.304. The van der Waals surface area contributed by atoms with Crippen molar-refractivity contribution in [2.45, 2.75) is 18.9 Å². The number of para-hydroxylation sites is 1. The van der Waals surface area contributed by atoms with Crippen LogP contribution in [0.15, 0.2) is 60.8 Å². The zero-order valence-corrected chi connectivity index (χ0v) is 18.6. The number of nitrogens with one attached hydrogen (secondary N) is 2. The van der Waals surface area contributed by atoms with Crippen molar-refractivity contribution in [2.24, 2.45) is 0 Å². The molecule has 0 atom stereocenters. The normalized spacial score (nSPS) is 14.9. The predicted octanol–water partition coefficient (Wildman–Crippen LogP) is 5.48. The summed E-state index contributed by atoms with van der Waals surface area (Å²) in [6, 6.07) is 17.2. The largest absolute Gasteiger partial charge is 0.490 e. The van der Waals surface area contributed by atoms with Crippen LogP contribution < -0.4 is 15.4 Å². The second-order valence-corrected chi connectivity index (χ2v) is 8.23. The second kappa shape index (κ2) is 10.7. The quantitative estimate of drug-likeness (QED) is 0.466. The fourth-order valence-electron chi connectivity index (χ4n) is 3.50. The molecule has 1 fully saturated rings. The topological polar surface area (TPSA) is 62.3 Å². The first-order chi connectivity index (χ1) is 15.2. The molecule has 0 amide bonds. The van der Waals surface area contributed by atoms with E-state index in [0.717, 1.165) is 56.3 Å². The van der Waals surface area contributed by atoms with Crippen LogP contribution in [0.3, 0.4) is 0 Å². The zero-order chi connectivity index (χ0) is 21.5. The molecule has 6 nitrogen and oxygen atoms in total. The minimum absolute atomic E-state index is 0.200. The highest BCUT2D eigenvalue weighted by Crippen LogP contribution is 2.28. The van der Waals surface area contributed by atoms with Crippen molar-refractivity contribution in [3.8, 4) is 5.75 Å². The molecule has 2 aromatic carbocycles. The van der Waals surface area contributed by atoms with E-state index in [1.165, 1.54) is 0 Å². The predicted molar refractivity (Wildman–Crippen MR) is 127 cm³/mol. The average Bonchev–Trinajstić information content (AvgIpc) is 2.79. The van der Waals surface area contributed by atoms with Gasteiger partial charge in [-0.05, 0) is 43.2 Å². The van der Waals surface area contributed by atoms with Crippen LogP contribution in [0.1, 0.15) is 12.8 Å². The van der Waals surface area contributed by atoms with Crippen molar-refractivity contribution in [1.82, 2.24) is 14.9 Å². The van der Waals surface area contributed by atoms with Gasteiger partial charge in [-0.1, -0.05) is 41.4 Å². The van der Waals surface area contributed by atoms with Crippen molar-refractivity contribution < 1.29 is 4.74 Å². The van der Waals surface area contributed by atoms with Crippen molar-refractivity contribution in [2.75, 3.05) is 36.8 Å². The van der Waals surface area contributed by atoms with E-state index < -0.39 is 0 Å². The van der Waals surface area contributed by atoms with Crippen LogP contribution in [-0.4, -0.2) is 47.2 Å². The first-order valence-corrected chi connectivity index (χ1v) is 11.1. The Morgan fingerprint density at radius 2 is 1.81 bits per heavy atom. The number of benzene rings is 2. The van der Waals surface area contributed by atoms with Gasteiger partial charge < -0.3 is 20.3 Å². The van der Waals surface area contributed by atoms with Crippen LogP contribution in [0.25, 0.3) is 0 Å². The van der Waals surface area contributed by atoms with Crippen LogP contribution in [0.2, 0.25) is 10.0 Å². The third-order valence-corrected chi connectivity index (χ3v) is 5.88. The summed E-state index contributed by atoms with van der Waals surface area (Å²) in [6.45, 7) is 3.69. The molecule has 2 N–H and O–H groups in total. The van der Waals surface area contributed by atoms with Gasteiger partial charge in [-0.15, -0.1) is 0 Å². The number of piperidine rings is 1. The van der Waals surface area contributed by atoms with E-state index in [2.05, 4.69) is 25.5 Å². The summed E-state index contributed by atoms with van der Waals surface area (Å²) in [4.78, 5) is 11.3. The number of aromatic nitrogens is 2. The molecule has 3 aromatic rings. The molecule has 8 heteroatoms. The van der Waals surface area contributed by atoms with Gasteiger partial charge in [0.1, 0.15) is 17.7 Å². The van der Waals surface area contributed by atoms with Crippen LogP contribution >= 0.6 is 23.2 Å². The van der Waals surface area contributed by atoms with Crippen LogP contribution in [-0.2, 0) is 0 Å². The monoisotopic (exact) mass is 457 g/mol. The second-order valence-electron chi connectivity index (χ2n) is 7.42. The molecule has 31 heavy (non-hydrogen) atoms. The lowest BCUT2D eigenvalue weighted by Gasteiger charge is -2.32. The van der Waals surface area contributed by atoms with E-state index in [1.807, 2.05) is 42.5 Å². The molecule has 4 rings (SSSR count). The molecule has 1 aliphatic rings. The lowest BCUT2D eigenvalue weighted by molar-refractivity contribution is 0.103. The Morgan fingerprint density at radius 3 is 2.58 bits per heavy atom. The molecule has 1 aromatic heterocycles. The first-order valence-electron chi connectivity index (χ1n) is 10.4. The van der Waals surface area contributed by atoms with E-state index in [9.17, 15) is 0 Å². The summed E-state index contributed by atoms with van der Waals surface area (Å²) in [5, 5.41) is 7.67. The van der Waals surface area contributed by atoms with E-state index in [0.29, 0.717) is 16.0 Å². The molecule has 0 aliphatic carbocycles. The maximum atomic E-state index is 6.07. The summed E-state index contributed by atoms with van der Waals surface area (Å²) in [6.07, 6.45) is 3.91. The maximum Gasteiger partial charge on any atom is 0.224 e. The third kappa shape index (κ3) is 6.47. The highest BCUT2D eigenvalue weighted by molar-refractivity contribution is 6.42. The Kier molecular flexibility index (Phi) is 7.46. The Hall–Kier alpha value is -2.54. The first kappa shape index (κ1) is 21.7. The Bertz CT molecular complexity index is 981. The SMILES string of the molecule is Clc1ccc(OC2CCN(CCNc3nccc(Nc4ccccc4)n3)CC2)cc1Cl. The summed E-state index contributed by atoms with van der Waals surface area (Å²) in [7, 11) is 0. The molecular weight excluding hydrogens is 433 g/mol. The molecule has 0 unspecified atom stereocenters. The number of halogens is 2. The maximum absolute atomic E-state index is 6.07. The smallest absolute Gasteiger partial charge is 0.224 e. The summed E-state index contributed by atoms with van der Waals surface area (Å²) in [5.74, 6) is 2.17. The van der Waals surface area contributed by atoms with Gasteiger partial charge in [-0.3, -0.25) is 0 Å². The lowest BCUT2D eigenvalue weighted by Crippen LogP contribution is -2.40. The van der Waals surface area contributed by atoms with Crippen molar-refractivity contribution in [3.05, 3.63) is 70.8 Å². The Morgan fingerprint density at radius 1 is 1.00 bits per heavy atom. The fourth-order valence-corrected chi connectivity index (χ4v) is 3.79. The van der Waals surface area contributed by atoms with E-state index in [4.69, 9.17) is 27.9 Å². The number of anilines is 3. The van der Waals surface area contributed by atoms with Crippen molar-refractivity contribution >= 4 is 40.7 Å². The Labute approximate surface area is 192 Å². The van der Waals surface area contributed by atoms with E-state index >= 15 is 0 Å². The molecule has 0 spiro atoms. The number of rotatable bonds is 8. The number of hydrogen-bond acceptors (Lipinski definition) is 6. The van der Waals surface area contributed by atoms with E-state index in [-0.39, 0.29) is 6.10 Å². The summed E-state index contributed by atoms with van der Waals surface area (Å²) < 4.78 is 6.06. The molecule has 0 saturated carbocycles. The Balaban J connectivity index is 1.19. The number of likely N-dealkylation sites (tertiary alicyclic amines) is 1. The average molecular weight is 458 g/mol. The van der Waals surface area contributed by atoms with Gasteiger partial charge in [-0.2, -0.15) is 4.98 Å². The van der Waals surface area contributed by atoms with Crippen LogP contribution in [0, 0.1) is 0 Å². The van der Waals surface area contributed by atoms with Gasteiger partial charge in [0, 0.05) is 44.1 Å². The van der Waals surface area contributed by atoms with Crippen molar-refractivity contribution in [3.63, 3.8) is 0 Å². The highest BCUT2D eigenvalue weighted by atomic mass is 35.5. The van der Waals surface area contributed by atoms with Gasteiger partial charge in [0.15, 0.2) is 0 Å². The van der Waals surface area contributed by atoms with Crippen LogP contribution in [0.5, 0.6) is 5.75 Å². The van der Waals surface area contributed by atoms with Gasteiger partial charge in [-0.25, -0.2) is 4.98 Å². The zero-order valence-electron chi connectivity index (χ0n) is 17.1. The van der Waals surface area contributed by atoms with Gasteiger partial charge >= 0.3 is 0 Å². The minimum Gasteiger partial charge on any atom is -0.490 e. The van der Waals surface area contributed by atoms with Crippen molar-refractivity contribution in [1.29, 1.82) is 0 Å². The molecular formula is C23H25Cl2N5O. The minimum atomic E-state index is 0.200. The van der Waals surface area contributed by atoms with E-state index in [1.54, 1.807) is 18.3 Å². The molecule has 0 bridgehead atoms. The molecule has 162 valence electrons. The number of ether oxygens (including phenoxy) is 1. The molecule has 1 saturated heterocycles. The molecule has 0 radical (unpaired) electrons. The van der Waals surface area contributed by atoms with Gasteiger partial charge in [0.25, 0.3) is 0 Å². The van der Waals surface area contributed by atoms with Crippen LogP contribution in [0.4, 0.5) is 17.5 Å². The lowest BCUT2D eigenvalue weighted by atomic mass is 10.1. The summed E-state index contributed by atoms with van der Waals surface area (Å²) >= 11 is 12.0. The third-order valence-electron chi connectivity index (χ3n) is 5.14. The number of nitrogens with zero attached hydrogens (tertiary/aromatic N) is 3. The van der Waals surface area contributed by atoms with Gasteiger partial charge in [0.05, 0.1) is 10.0 Å². The standard InChI is InChI=1S/C23H25Cl2N5O/c24-20-7-6-19(16-21(20)25)31-18-9-13-30(14-10-18)15-12-27-23-26-11-8-22(29-23)28-17-4-2-1-3-5-17/h1-8,11,16,18H,9-10,12-15H2,(H2,26,27,28,29). The number of hydrogen-bond donors (Lipinski definition) is 2. The summed E-state index contributed by atoms with van der Waals surface area (Å²) in [5.41, 5.74) is 0.998. The molecule has 1 aliphatic heterocycles.